The molecule has 0 aliphatic carbocycles. The third-order valence-corrected chi connectivity index (χ3v) is 3.84. The first-order valence-electron chi connectivity index (χ1n) is 7.00. The predicted octanol–water partition coefficient (Wildman–Crippen LogP) is 1.68. The van der Waals surface area contributed by atoms with Crippen molar-refractivity contribution in [3.63, 3.8) is 0 Å². The Morgan fingerprint density at radius 2 is 1.83 bits per heavy atom. The summed E-state index contributed by atoms with van der Waals surface area (Å²) in [6.07, 6.45) is 2.69. The van der Waals surface area contributed by atoms with Crippen molar-refractivity contribution in [3.8, 4) is 0 Å². The molecule has 0 spiro atoms. The standard InChI is InChI=1S/C14H27NO3/c1-14(2,3)18-10-13(16-4)7-15-11-5-6-12(15)9-17-8-11/h11-13H,5-10H2,1-4H3/t11?,12?,13-/m1/s1. The van der Waals surface area contributed by atoms with E-state index in [0.29, 0.717) is 18.7 Å². The largest absolute Gasteiger partial charge is 0.378 e. The SMILES string of the molecule is CO[C@@H](COC(C)(C)C)CN1C2CCC1COC2. The molecule has 0 aromatic heterocycles. The highest BCUT2D eigenvalue weighted by molar-refractivity contribution is 4.91. The van der Waals surface area contributed by atoms with Gasteiger partial charge in [0.25, 0.3) is 0 Å². The number of fused-ring (bicyclic) bond motifs is 2. The lowest BCUT2D eigenvalue weighted by Gasteiger charge is -2.37. The van der Waals surface area contributed by atoms with E-state index in [9.17, 15) is 0 Å². The van der Waals surface area contributed by atoms with Gasteiger partial charge in [0.2, 0.25) is 0 Å². The van der Waals surface area contributed by atoms with Crippen LogP contribution in [0.25, 0.3) is 0 Å². The van der Waals surface area contributed by atoms with Crippen LogP contribution in [0.2, 0.25) is 0 Å². The minimum Gasteiger partial charge on any atom is -0.378 e. The molecule has 0 aromatic carbocycles. The summed E-state index contributed by atoms with van der Waals surface area (Å²) in [5, 5.41) is 0. The Morgan fingerprint density at radius 1 is 1.22 bits per heavy atom. The van der Waals surface area contributed by atoms with Crippen molar-refractivity contribution in [2.45, 2.75) is 57.4 Å². The Hall–Kier alpha value is -0.160. The molecule has 0 saturated carbocycles. The Balaban J connectivity index is 1.83. The minimum absolute atomic E-state index is 0.0965. The number of nitrogens with zero attached hydrogens (tertiary/aromatic N) is 1. The summed E-state index contributed by atoms with van der Waals surface area (Å²) in [5.74, 6) is 0. The van der Waals surface area contributed by atoms with Crippen LogP contribution in [0.1, 0.15) is 33.6 Å². The van der Waals surface area contributed by atoms with E-state index >= 15 is 0 Å². The second-order valence-corrected chi connectivity index (χ2v) is 6.40. The number of hydrogen-bond acceptors (Lipinski definition) is 4. The molecule has 2 aliphatic rings. The maximum Gasteiger partial charge on any atom is 0.0931 e. The molecule has 2 fully saturated rings. The molecule has 18 heavy (non-hydrogen) atoms. The van der Waals surface area contributed by atoms with Gasteiger partial charge in [0.15, 0.2) is 0 Å². The third kappa shape index (κ3) is 3.67. The fraction of sp³-hybridized carbons (Fsp3) is 1.00. The van der Waals surface area contributed by atoms with Crippen LogP contribution in [0.3, 0.4) is 0 Å². The molecule has 3 atom stereocenters. The van der Waals surface area contributed by atoms with Crippen LogP contribution in [0, 0.1) is 0 Å². The summed E-state index contributed by atoms with van der Waals surface area (Å²) in [5.41, 5.74) is -0.0965. The Bertz CT molecular complexity index is 248. The predicted molar refractivity (Wildman–Crippen MR) is 70.8 cm³/mol. The zero-order valence-corrected chi connectivity index (χ0v) is 12.1. The number of ether oxygens (including phenoxy) is 3. The van der Waals surface area contributed by atoms with Crippen molar-refractivity contribution in [2.75, 3.05) is 33.5 Å². The average Bonchev–Trinajstić information content (AvgIpc) is 2.53. The smallest absolute Gasteiger partial charge is 0.0931 e. The van der Waals surface area contributed by atoms with E-state index < -0.39 is 0 Å². The molecule has 2 rings (SSSR count). The van der Waals surface area contributed by atoms with Gasteiger partial charge in [-0.15, -0.1) is 0 Å². The van der Waals surface area contributed by atoms with Gasteiger partial charge in [0, 0.05) is 25.7 Å². The van der Waals surface area contributed by atoms with E-state index in [2.05, 4.69) is 25.7 Å². The lowest BCUT2D eigenvalue weighted by molar-refractivity contribution is -0.0873. The van der Waals surface area contributed by atoms with E-state index in [-0.39, 0.29) is 11.7 Å². The first-order chi connectivity index (χ1) is 8.49. The van der Waals surface area contributed by atoms with Crippen molar-refractivity contribution in [1.29, 1.82) is 0 Å². The Labute approximate surface area is 111 Å². The van der Waals surface area contributed by atoms with E-state index in [4.69, 9.17) is 14.2 Å². The van der Waals surface area contributed by atoms with Crippen LogP contribution in [0.15, 0.2) is 0 Å². The summed E-state index contributed by atoms with van der Waals surface area (Å²) < 4.78 is 17.0. The van der Waals surface area contributed by atoms with Gasteiger partial charge in [-0.3, -0.25) is 4.90 Å². The summed E-state index contributed by atoms with van der Waals surface area (Å²) in [6, 6.07) is 1.19. The summed E-state index contributed by atoms with van der Waals surface area (Å²) in [4.78, 5) is 2.56. The lowest BCUT2D eigenvalue weighted by atomic mass is 10.2. The van der Waals surface area contributed by atoms with Crippen molar-refractivity contribution in [3.05, 3.63) is 0 Å². The van der Waals surface area contributed by atoms with Crippen LogP contribution in [0.5, 0.6) is 0 Å². The minimum atomic E-state index is -0.0965. The van der Waals surface area contributed by atoms with Crippen LogP contribution >= 0.6 is 0 Å². The van der Waals surface area contributed by atoms with E-state index in [1.165, 1.54) is 12.8 Å². The molecule has 0 amide bonds. The summed E-state index contributed by atoms with van der Waals surface area (Å²) in [6.45, 7) is 9.64. The van der Waals surface area contributed by atoms with Gasteiger partial charge in [-0.25, -0.2) is 0 Å². The Kier molecular flexibility index (Phi) is 4.64. The first kappa shape index (κ1) is 14.3. The fourth-order valence-electron chi connectivity index (χ4n) is 2.78. The number of morpholine rings is 1. The van der Waals surface area contributed by atoms with Crippen molar-refractivity contribution < 1.29 is 14.2 Å². The average molecular weight is 257 g/mol. The molecule has 2 aliphatic heterocycles. The number of hydrogen-bond donors (Lipinski definition) is 0. The van der Waals surface area contributed by atoms with E-state index in [0.717, 1.165) is 19.8 Å². The molecule has 2 unspecified atom stereocenters. The zero-order chi connectivity index (χ0) is 13.2. The van der Waals surface area contributed by atoms with Gasteiger partial charge >= 0.3 is 0 Å². The molecular weight excluding hydrogens is 230 g/mol. The number of rotatable bonds is 5. The summed E-state index contributed by atoms with van der Waals surface area (Å²) >= 11 is 0. The molecule has 2 bridgehead atoms. The molecule has 0 radical (unpaired) electrons. The van der Waals surface area contributed by atoms with Gasteiger partial charge in [0.05, 0.1) is 31.5 Å². The molecule has 4 nitrogen and oxygen atoms in total. The number of methoxy groups -OCH3 is 1. The molecular formula is C14H27NO3. The van der Waals surface area contributed by atoms with E-state index in [1.807, 2.05) is 0 Å². The lowest BCUT2D eigenvalue weighted by Crippen LogP contribution is -2.50. The summed E-state index contributed by atoms with van der Waals surface area (Å²) in [7, 11) is 1.78. The van der Waals surface area contributed by atoms with Crippen LogP contribution in [-0.2, 0) is 14.2 Å². The second-order valence-electron chi connectivity index (χ2n) is 6.40. The molecule has 2 heterocycles. The zero-order valence-electron chi connectivity index (χ0n) is 12.1. The molecule has 4 heteroatoms. The Morgan fingerprint density at radius 3 is 2.33 bits per heavy atom. The van der Waals surface area contributed by atoms with Gasteiger partial charge in [0.1, 0.15) is 0 Å². The highest BCUT2D eigenvalue weighted by atomic mass is 16.5. The van der Waals surface area contributed by atoms with Gasteiger partial charge in [-0.05, 0) is 33.6 Å². The normalized spacial score (nSPS) is 30.7. The van der Waals surface area contributed by atoms with Gasteiger partial charge < -0.3 is 14.2 Å². The van der Waals surface area contributed by atoms with Crippen molar-refractivity contribution in [1.82, 2.24) is 4.90 Å². The topological polar surface area (TPSA) is 30.9 Å². The van der Waals surface area contributed by atoms with E-state index in [1.54, 1.807) is 7.11 Å². The molecule has 2 saturated heterocycles. The van der Waals surface area contributed by atoms with Gasteiger partial charge in [-0.1, -0.05) is 0 Å². The van der Waals surface area contributed by atoms with Gasteiger partial charge in [-0.2, -0.15) is 0 Å². The first-order valence-corrected chi connectivity index (χ1v) is 7.00. The fourth-order valence-corrected chi connectivity index (χ4v) is 2.78. The van der Waals surface area contributed by atoms with Crippen LogP contribution < -0.4 is 0 Å². The molecule has 0 aromatic rings. The molecule has 106 valence electrons. The van der Waals surface area contributed by atoms with Crippen molar-refractivity contribution >= 4 is 0 Å². The maximum atomic E-state index is 5.83. The van der Waals surface area contributed by atoms with Crippen LogP contribution in [-0.4, -0.2) is 62.2 Å². The second kappa shape index (κ2) is 5.87. The monoisotopic (exact) mass is 257 g/mol. The third-order valence-electron chi connectivity index (χ3n) is 3.84. The highest BCUT2D eigenvalue weighted by Gasteiger charge is 2.38. The van der Waals surface area contributed by atoms with Crippen molar-refractivity contribution in [2.24, 2.45) is 0 Å². The highest BCUT2D eigenvalue weighted by Crippen LogP contribution is 2.29. The quantitative estimate of drug-likeness (QED) is 0.750. The molecule has 0 N–H and O–H groups in total. The van der Waals surface area contributed by atoms with Crippen LogP contribution in [0.4, 0.5) is 0 Å². The maximum absolute atomic E-state index is 5.83.